The van der Waals surface area contributed by atoms with Gasteiger partial charge in [0.25, 0.3) is 11.8 Å². The Balaban J connectivity index is 2.13. The van der Waals surface area contributed by atoms with Gasteiger partial charge in [-0.05, 0) is 12.8 Å². The van der Waals surface area contributed by atoms with E-state index in [0.717, 1.165) is 37.4 Å². The second kappa shape index (κ2) is 6.48. The number of nitrogens with one attached hydrogen (secondary N) is 3. The molecular weight excluding hydrogens is 206 g/mol. The lowest BCUT2D eigenvalue weighted by molar-refractivity contribution is -0.758. The van der Waals surface area contributed by atoms with Crippen molar-refractivity contribution in [2.75, 3.05) is 26.2 Å². The molecule has 5 heteroatoms. The van der Waals surface area contributed by atoms with Crippen LogP contribution in [0.3, 0.4) is 0 Å². The fourth-order valence-electron chi connectivity index (χ4n) is 1.58. The van der Waals surface area contributed by atoms with E-state index in [1.165, 1.54) is 0 Å². The molecule has 16 heavy (non-hydrogen) atoms. The molecule has 1 rings (SSSR count). The van der Waals surface area contributed by atoms with Gasteiger partial charge in [-0.3, -0.25) is 9.59 Å². The van der Waals surface area contributed by atoms with E-state index < -0.39 is 0 Å². The van der Waals surface area contributed by atoms with Gasteiger partial charge >= 0.3 is 0 Å². The van der Waals surface area contributed by atoms with E-state index in [2.05, 4.69) is 10.6 Å². The number of carbonyl (C=O) groups excluding carboxylic acids is 2. The average Bonchev–Trinajstić information content (AvgIpc) is 3.02. The Bertz CT molecular complexity index is 256. The first-order valence-electron chi connectivity index (χ1n) is 6.08. The lowest BCUT2D eigenvalue weighted by Crippen LogP contribution is -2.97. The summed E-state index contributed by atoms with van der Waals surface area (Å²) in [6.45, 7) is 6.70. The van der Waals surface area contributed by atoms with Crippen LogP contribution in [0, 0.1) is 0 Å². The summed E-state index contributed by atoms with van der Waals surface area (Å²) in [6.07, 6.45) is 1.90. The molecule has 1 unspecified atom stereocenters. The zero-order chi connectivity index (χ0) is 12.0. The molecule has 1 aliphatic rings. The third-order valence-electron chi connectivity index (χ3n) is 2.62. The Morgan fingerprint density at radius 2 is 1.81 bits per heavy atom. The van der Waals surface area contributed by atoms with E-state index in [1.807, 2.05) is 13.8 Å². The maximum absolute atomic E-state index is 11.5. The first-order valence-corrected chi connectivity index (χ1v) is 6.08. The summed E-state index contributed by atoms with van der Waals surface area (Å²) in [4.78, 5) is 23.9. The fraction of sp³-hybridized carbons (Fsp3) is 0.818. The number of rotatable bonds is 7. The molecule has 3 N–H and O–H groups in total. The first-order chi connectivity index (χ1) is 7.69. The minimum Gasteiger partial charge on any atom is -0.351 e. The van der Waals surface area contributed by atoms with Gasteiger partial charge < -0.3 is 15.5 Å². The van der Waals surface area contributed by atoms with Crippen molar-refractivity contribution in [1.82, 2.24) is 10.6 Å². The minimum absolute atomic E-state index is 0.000994. The van der Waals surface area contributed by atoms with Crippen LogP contribution in [0.1, 0.15) is 26.7 Å². The summed E-state index contributed by atoms with van der Waals surface area (Å²) < 4.78 is 0. The van der Waals surface area contributed by atoms with E-state index in [1.54, 1.807) is 0 Å². The molecule has 1 fully saturated rings. The van der Waals surface area contributed by atoms with Gasteiger partial charge in [-0.15, -0.1) is 0 Å². The molecule has 0 spiro atoms. The largest absolute Gasteiger partial charge is 0.351 e. The SMILES string of the molecule is CCCNC(=O)C[NH+]1C[C@@H]1C(=O)NCCC. The molecule has 0 radical (unpaired) electrons. The Morgan fingerprint density at radius 3 is 2.44 bits per heavy atom. The molecule has 1 saturated heterocycles. The van der Waals surface area contributed by atoms with Crippen molar-refractivity contribution in [2.45, 2.75) is 32.7 Å². The maximum atomic E-state index is 11.5. The van der Waals surface area contributed by atoms with Crippen LogP contribution in [0.25, 0.3) is 0 Å². The molecule has 0 aromatic rings. The molecular formula is C11H22N3O2+. The summed E-state index contributed by atoms with van der Waals surface area (Å²) in [5, 5.41) is 5.66. The van der Waals surface area contributed by atoms with E-state index in [9.17, 15) is 9.59 Å². The van der Waals surface area contributed by atoms with Gasteiger partial charge in [-0.1, -0.05) is 13.8 Å². The lowest BCUT2D eigenvalue weighted by atomic mass is 10.4. The molecule has 1 aliphatic heterocycles. The van der Waals surface area contributed by atoms with Crippen molar-refractivity contribution in [2.24, 2.45) is 0 Å². The van der Waals surface area contributed by atoms with Crippen LogP contribution in [0.15, 0.2) is 0 Å². The predicted molar refractivity (Wildman–Crippen MR) is 61.1 cm³/mol. The highest BCUT2D eigenvalue weighted by Gasteiger charge is 2.47. The van der Waals surface area contributed by atoms with Gasteiger partial charge in [0.05, 0.1) is 0 Å². The summed E-state index contributed by atoms with van der Waals surface area (Å²) in [6, 6.07) is -0.000994. The number of hydrogen-bond acceptors (Lipinski definition) is 2. The van der Waals surface area contributed by atoms with E-state index >= 15 is 0 Å². The summed E-state index contributed by atoms with van der Waals surface area (Å²) in [5.41, 5.74) is 0. The molecule has 0 bridgehead atoms. The third-order valence-corrected chi connectivity index (χ3v) is 2.62. The quantitative estimate of drug-likeness (QED) is 0.455. The third kappa shape index (κ3) is 4.18. The van der Waals surface area contributed by atoms with Crippen molar-refractivity contribution >= 4 is 11.8 Å². The molecule has 5 nitrogen and oxygen atoms in total. The second-order valence-electron chi connectivity index (χ2n) is 4.23. The molecule has 2 amide bonds. The fourth-order valence-corrected chi connectivity index (χ4v) is 1.58. The van der Waals surface area contributed by atoms with Crippen molar-refractivity contribution in [3.63, 3.8) is 0 Å². The lowest BCUT2D eigenvalue weighted by Gasteiger charge is -2.03. The molecule has 0 aliphatic carbocycles. The van der Waals surface area contributed by atoms with Gasteiger partial charge in [-0.25, -0.2) is 0 Å². The van der Waals surface area contributed by atoms with E-state index in [4.69, 9.17) is 0 Å². The van der Waals surface area contributed by atoms with Crippen LogP contribution in [0.2, 0.25) is 0 Å². The van der Waals surface area contributed by atoms with E-state index in [-0.39, 0.29) is 17.9 Å². The van der Waals surface area contributed by atoms with Crippen LogP contribution in [0.4, 0.5) is 0 Å². The Hall–Kier alpha value is -1.10. The number of hydrogen-bond donors (Lipinski definition) is 3. The first kappa shape index (κ1) is 13.0. The number of quaternary nitrogens is 1. The van der Waals surface area contributed by atoms with Crippen molar-refractivity contribution in [1.29, 1.82) is 0 Å². The molecule has 92 valence electrons. The molecule has 0 aromatic heterocycles. The van der Waals surface area contributed by atoms with Crippen LogP contribution in [-0.2, 0) is 9.59 Å². The summed E-state index contributed by atoms with van der Waals surface area (Å²) in [7, 11) is 0. The Kier molecular flexibility index (Phi) is 5.25. The topological polar surface area (TPSA) is 62.6 Å². The monoisotopic (exact) mass is 228 g/mol. The molecule has 0 saturated carbocycles. The van der Waals surface area contributed by atoms with Crippen LogP contribution >= 0.6 is 0 Å². The standard InChI is InChI=1S/C11H21N3O2/c1-3-5-12-10(15)8-14-7-9(14)11(16)13-6-4-2/h9H,3-8H2,1-2H3,(H,12,15)(H,13,16)/p+1/t9-,14?/m1/s1. The molecule has 1 heterocycles. The van der Waals surface area contributed by atoms with Crippen molar-refractivity contribution in [3.05, 3.63) is 0 Å². The smallest absolute Gasteiger partial charge is 0.284 e. The van der Waals surface area contributed by atoms with Gasteiger partial charge in [0.15, 0.2) is 6.54 Å². The highest BCUT2D eigenvalue weighted by atomic mass is 16.2. The van der Waals surface area contributed by atoms with Gasteiger partial charge in [0.2, 0.25) is 6.04 Å². The molecule has 2 atom stereocenters. The number of carbonyl (C=O) groups is 2. The zero-order valence-corrected chi connectivity index (χ0v) is 10.1. The predicted octanol–water partition coefficient (Wildman–Crippen LogP) is -1.69. The molecule has 0 aromatic carbocycles. The Morgan fingerprint density at radius 1 is 1.19 bits per heavy atom. The zero-order valence-electron chi connectivity index (χ0n) is 10.1. The van der Waals surface area contributed by atoms with Crippen molar-refractivity contribution < 1.29 is 14.5 Å². The minimum atomic E-state index is -0.000994. The van der Waals surface area contributed by atoms with Crippen LogP contribution < -0.4 is 15.5 Å². The number of amides is 2. The van der Waals surface area contributed by atoms with Gasteiger partial charge in [-0.2, -0.15) is 0 Å². The second-order valence-corrected chi connectivity index (χ2v) is 4.23. The van der Waals surface area contributed by atoms with Gasteiger partial charge in [0, 0.05) is 13.1 Å². The normalized spacial score (nSPS) is 22.6. The highest BCUT2D eigenvalue weighted by Crippen LogP contribution is 1.88. The Labute approximate surface area is 96.6 Å². The van der Waals surface area contributed by atoms with E-state index in [0.29, 0.717) is 6.54 Å². The van der Waals surface area contributed by atoms with Gasteiger partial charge in [0.1, 0.15) is 6.54 Å². The van der Waals surface area contributed by atoms with Crippen LogP contribution in [0.5, 0.6) is 0 Å². The van der Waals surface area contributed by atoms with Crippen LogP contribution in [-0.4, -0.2) is 44.0 Å². The maximum Gasteiger partial charge on any atom is 0.284 e. The summed E-state index contributed by atoms with van der Waals surface area (Å²) >= 11 is 0. The highest BCUT2D eigenvalue weighted by molar-refractivity contribution is 5.83. The summed E-state index contributed by atoms with van der Waals surface area (Å²) in [5.74, 6) is 0.128. The van der Waals surface area contributed by atoms with Crippen molar-refractivity contribution in [3.8, 4) is 0 Å². The average molecular weight is 228 g/mol.